The number of hydrogen-bond acceptors (Lipinski definition) is 4. The standard InChI is InChI=1S/C10H11F2N3O/c1-16-10-7(4-14)8(9(11)12)6(2-3-13)5-15-10/h5,9H,2,4,14H2,1H3. The fourth-order valence-corrected chi connectivity index (χ4v) is 1.46. The number of nitrogens with two attached hydrogens (primary N) is 1. The van der Waals surface area contributed by atoms with Gasteiger partial charge < -0.3 is 10.5 Å². The molecule has 0 fully saturated rings. The average Bonchev–Trinajstić information content (AvgIpc) is 2.28. The second-order valence-corrected chi connectivity index (χ2v) is 3.02. The molecular formula is C10H11F2N3O. The van der Waals surface area contributed by atoms with E-state index in [9.17, 15) is 8.78 Å². The van der Waals surface area contributed by atoms with E-state index in [2.05, 4.69) is 4.98 Å². The minimum Gasteiger partial charge on any atom is -0.481 e. The van der Waals surface area contributed by atoms with Gasteiger partial charge in [-0.1, -0.05) is 0 Å². The van der Waals surface area contributed by atoms with Crippen molar-refractivity contribution >= 4 is 0 Å². The molecule has 0 aliphatic rings. The van der Waals surface area contributed by atoms with E-state index >= 15 is 0 Å². The van der Waals surface area contributed by atoms with Gasteiger partial charge in [0.05, 0.1) is 19.6 Å². The molecule has 0 aromatic carbocycles. The molecule has 0 bridgehead atoms. The summed E-state index contributed by atoms with van der Waals surface area (Å²) in [6, 6.07) is 1.81. The lowest BCUT2D eigenvalue weighted by Crippen LogP contribution is -2.09. The van der Waals surface area contributed by atoms with E-state index < -0.39 is 6.43 Å². The molecule has 6 heteroatoms. The fourth-order valence-electron chi connectivity index (χ4n) is 1.46. The van der Waals surface area contributed by atoms with Crippen LogP contribution < -0.4 is 10.5 Å². The predicted octanol–water partition coefficient (Wildman–Crippen LogP) is 1.55. The fraction of sp³-hybridized carbons (Fsp3) is 0.400. The van der Waals surface area contributed by atoms with Crippen LogP contribution in [0.15, 0.2) is 6.20 Å². The third-order valence-corrected chi connectivity index (χ3v) is 2.15. The average molecular weight is 227 g/mol. The number of methoxy groups -OCH3 is 1. The van der Waals surface area contributed by atoms with Crippen LogP contribution in [0.2, 0.25) is 0 Å². The largest absolute Gasteiger partial charge is 0.481 e. The van der Waals surface area contributed by atoms with Crippen LogP contribution in [0.1, 0.15) is 23.1 Å². The van der Waals surface area contributed by atoms with E-state index in [0.29, 0.717) is 0 Å². The van der Waals surface area contributed by atoms with E-state index in [4.69, 9.17) is 15.7 Å². The third kappa shape index (κ3) is 2.25. The Balaban J connectivity index is 3.39. The van der Waals surface area contributed by atoms with Gasteiger partial charge >= 0.3 is 0 Å². The van der Waals surface area contributed by atoms with Gasteiger partial charge in [-0.3, -0.25) is 0 Å². The first kappa shape index (κ1) is 12.3. The van der Waals surface area contributed by atoms with E-state index in [-0.39, 0.29) is 35.5 Å². The maximum atomic E-state index is 12.9. The lowest BCUT2D eigenvalue weighted by atomic mass is 10.0. The molecule has 0 amide bonds. The van der Waals surface area contributed by atoms with E-state index in [1.807, 2.05) is 6.07 Å². The van der Waals surface area contributed by atoms with Gasteiger partial charge in [0.15, 0.2) is 0 Å². The number of nitrogens with zero attached hydrogens (tertiary/aromatic N) is 2. The SMILES string of the molecule is COc1ncc(CC#N)c(C(F)F)c1CN. The minimum atomic E-state index is -2.70. The van der Waals surface area contributed by atoms with E-state index in [1.54, 1.807) is 0 Å². The summed E-state index contributed by atoms with van der Waals surface area (Å²) in [5.41, 5.74) is 5.50. The van der Waals surface area contributed by atoms with Crippen molar-refractivity contribution in [1.29, 1.82) is 5.26 Å². The summed E-state index contributed by atoms with van der Waals surface area (Å²) in [5.74, 6) is 0.0829. The van der Waals surface area contributed by atoms with Gasteiger partial charge in [-0.05, 0) is 5.56 Å². The molecule has 1 aromatic heterocycles. The van der Waals surface area contributed by atoms with Crippen molar-refractivity contribution in [3.63, 3.8) is 0 Å². The summed E-state index contributed by atoms with van der Waals surface area (Å²) in [5, 5.41) is 8.53. The molecule has 0 aliphatic heterocycles. The van der Waals surface area contributed by atoms with Crippen molar-refractivity contribution in [2.45, 2.75) is 19.4 Å². The van der Waals surface area contributed by atoms with Crippen LogP contribution in [0.4, 0.5) is 8.78 Å². The second-order valence-electron chi connectivity index (χ2n) is 3.02. The Morgan fingerprint density at radius 2 is 2.31 bits per heavy atom. The molecule has 1 aromatic rings. The highest BCUT2D eigenvalue weighted by molar-refractivity contribution is 5.41. The molecule has 0 saturated carbocycles. The number of ether oxygens (including phenoxy) is 1. The number of pyridine rings is 1. The molecule has 0 atom stereocenters. The van der Waals surface area contributed by atoms with Crippen molar-refractivity contribution in [3.8, 4) is 11.9 Å². The van der Waals surface area contributed by atoms with E-state index in [1.165, 1.54) is 13.3 Å². The summed E-state index contributed by atoms with van der Waals surface area (Å²) in [6.45, 7) is -0.102. The molecule has 86 valence electrons. The highest BCUT2D eigenvalue weighted by Gasteiger charge is 2.21. The second kappa shape index (κ2) is 5.37. The van der Waals surface area contributed by atoms with Crippen molar-refractivity contribution in [2.75, 3.05) is 7.11 Å². The zero-order chi connectivity index (χ0) is 12.1. The Morgan fingerprint density at radius 3 is 2.75 bits per heavy atom. The minimum absolute atomic E-state index is 0.0829. The lowest BCUT2D eigenvalue weighted by molar-refractivity contribution is 0.148. The van der Waals surface area contributed by atoms with Crippen LogP contribution >= 0.6 is 0 Å². The zero-order valence-corrected chi connectivity index (χ0v) is 8.70. The van der Waals surface area contributed by atoms with Crippen LogP contribution in [0.3, 0.4) is 0 Å². The smallest absolute Gasteiger partial charge is 0.264 e. The van der Waals surface area contributed by atoms with Crippen LogP contribution in [0, 0.1) is 11.3 Å². The number of alkyl halides is 2. The van der Waals surface area contributed by atoms with Gasteiger partial charge in [-0.15, -0.1) is 0 Å². The van der Waals surface area contributed by atoms with Crippen LogP contribution in [0.25, 0.3) is 0 Å². The predicted molar refractivity (Wildman–Crippen MR) is 53.0 cm³/mol. The number of hydrogen-bond donors (Lipinski definition) is 1. The van der Waals surface area contributed by atoms with Gasteiger partial charge in [0.1, 0.15) is 0 Å². The Labute approximate surface area is 91.7 Å². The van der Waals surface area contributed by atoms with E-state index in [0.717, 1.165) is 0 Å². The van der Waals surface area contributed by atoms with Crippen LogP contribution in [-0.4, -0.2) is 12.1 Å². The molecule has 0 saturated heterocycles. The molecule has 0 unspecified atom stereocenters. The Kier molecular flexibility index (Phi) is 4.14. The molecule has 2 N–H and O–H groups in total. The molecule has 16 heavy (non-hydrogen) atoms. The van der Waals surface area contributed by atoms with Crippen molar-refractivity contribution in [1.82, 2.24) is 4.98 Å². The summed E-state index contributed by atoms with van der Waals surface area (Å²) in [4.78, 5) is 3.84. The van der Waals surface area contributed by atoms with Crippen molar-refractivity contribution < 1.29 is 13.5 Å². The summed E-state index contributed by atoms with van der Waals surface area (Å²) in [6.07, 6.45) is -1.59. The molecule has 1 heterocycles. The van der Waals surface area contributed by atoms with Gasteiger partial charge in [-0.2, -0.15) is 5.26 Å². The summed E-state index contributed by atoms with van der Waals surface area (Å²) in [7, 11) is 1.33. The maximum Gasteiger partial charge on any atom is 0.264 e. The summed E-state index contributed by atoms with van der Waals surface area (Å²) < 4.78 is 30.6. The van der Waals surface area contributed by atoms with Crippen molar-refractivity contribution in [2.24, 2.45) is 5.73 Å². The molecule has 0 spiro atoms. The molecule has 1 rings (SSSR count). The van der Waals surface area contributed by atoms with Crippen molar-refractivity contribution in [3.05, 3.63) is 22.9 Å². The number of nitriles is 1. The van der Waals surface area contributed by atoms with Gasteiger partial charge in [0.2, 0.25) is 5.88 Å². The quantitative estimate of drug-likeness (QED) is 0.847. The first-order valence-electron chi connectivity index (χ1n) is 4.55. The topological polar surface area (TPSA) is 71.9 Å². The van der Waals surface area contributed by atoms with Crippen LogP contribution in [-0.2, 0) is 13.0 Å². The summed E-state index contributed by atoms with van der Waals surface area (Å²) >= 11 is 0. The number of aromatic nitrogens is 1. The highest BCUT2D eigenvalue weighted by atomic mass is 19.3. The van der Waals surface area contributed by atoms with Crippen LogP contribution in [0.5, 0.6) is 5.88 Å². The normalized spacial score (nSPS) is 10.2. The monoisotopic (exact) mass is 227 g/mol. The molecule has 0 aliphatic carbocycles. The van der Waals surface area contributed by atoms with Gasteiger partial charge in [-0.25, -0.2) is 13.8 Å². The first-order valence-corrected chi connectivity index (χ1v) is 4.55. The van der Waals surface area contributed by atoms with Gasteiger partial charge in [0, 0.05) is 23.9 Å². The Morgan fingerprint density at radius 1 is 1.62 bits per heavy atom. The number of rotatable bonds is 4. The Hall–Kier alpha value is -1.74. The highest BCUT2D eigenvalue weighted by Crippen LogP contribution is 2.31. The van der Waals surface area contributed by atoms with Gasteiger partial charge in [0.25, 0.3) is 6.43 Å². The maximum absolute atomic E-state index is 12.9. The first-order chi connectivity index (χ1) is 7.65. The lowest BCUT2D eigenvalue weighted by Gasteiger charge is -2.13. The molecule has 4 nitrogen and oxygen atoms in total. The third-order valence-electron chi connectivity index (χ3n) is 2.15. The Bertz CT molecular complexity index is 415. The molecule has 0 radical (unpaired) electrons. The zero-order valence-electron chi connectivity index (χ0n) is 8.70. The molecular weight excluding hydrogens is 216 g/mol. The number of halogens is 2.